The Morgan fingerprint density at radius 3 is 2.32 bits per heavy atom. The van der Waals surface area contributed by atoms with Crippen LogP contribution < -0.4 is 0 Å². The Morgan fingerprint density at radius 2 is 1.79 bits per heavy atom. The van der Waals surface area contributed by atoms with E-state index in [1.54, 1.807) is 37.3 Å². The first kappa shape index (κ1) is 13.6. The molecule has 0 aliphatic heterocycles. The molecule has 0 radical (unpaired) electrons. The molecule has 0 saturated heterocycles. The van der Waals surface area contributed by atoms with E-state index in [9.17, 15) is 9.18 Å². The zero-order chi connectivity index (χ0) is 14.0. The van der Waals surface area contributed by atoms with E-state index < -0.39 is 5.97 Å². The van der Waals surface area contributed by atoms with Crippen molar-refractivity contribution < 1.29 is 13.9 Å². The van der Waals surface area contributed by atoms with Gasteiger partial charge in [-0.05, 0) is 42.3 Å². The third kappa shape index (κ3) is 2.76. The van der Waals surface area contributed by atoms with Crippen molar-refractivity contribution in [3.8, 4) is 11.1 Å². The summed E-state index contributed by atoms with van der Waals surface area (Å²) in [5.74, 6) is -0.751. The van der Waals surface area contributed by atoms with E-state index in [4.69, 9.17) is 11.6 Å². The molecular weight excluding hydrogens is 267 g/mol. The van der Waals surface area contributed by atoms with Gasteiger partial charge in [-0.3, -0.25) is 0 Å². The van der Waals surface area contributed by atoms with Gasteiger partial charge in [0.05, 0.1) is 12.7 Å². The van der Waals surface area contributed by atoms with Crippen LogP contribution in [0.5, 0.6) is 0 Å². The van der Waals surface area contributed by atoms with Crippen LogP contribution in [0.15, 0.2) is 36.4 Å². The second-order valence-electron chi connectivity index (χ2n) is 4.13. The molecule has 4 heteroatoms. The maximum atomic E-state index is 13.6. The first-order valence-corrected chi connectivity index (χ1v) is 6.05. The van der Waals surface area contributed by atoms with Crippen LogP contribution in [0.3, 0.4) is 0 Å². The van der Waals surface area contributed by atoms with E-state index >= 15 is 0 Å². The zero-order valence-electron chi connectivity index (χ0n) is 10.5. The fraction of sp³-hybridized carbons (Fsp3) is 0.133. The topological polar surface area (TPSA) is 26.3 Å². The molecule has 0 N–H and O–H groups in total. The van der Waals surface area contributed by atoms with Gasteiger partial charge in [-0.1, -0.05) is 23.7 Å². The van der Waals surface area contributed by atoms with Crippen LogP contribution in [0.4, 0.5) is 4.39 Å². The summed E-state index contributed by atoms with van der Waals surface area (Å²) in [5.41, 5.74) is 2.33. The minimum atomic E-state index is -0.403. The number of hydrogen-bond acceptors (Lipinski definition) is 2. The fourth-order valence-electron chi connectivity index (χ4n) is 1.73. The largest absolute Gasteiger partial charge is 0.465 e. The molecule has 0 spiro atoms. The van der Waals surface area contributed by atoms with Gasteiger partial charge in [0.2, 0.25) is 0 Å². The van der Waals surface area contributed by atoms with E-state index in [2.05, 4.69) is 4.74 Å². The molecule has 0 heterocycles. The lowest BCUT2D eigenvalue weighted by atomic mass is 10.0. The van der Waals surface area contributed by atoms with Gasteiger partial charge < -0.3 is 4.74 Å². The van der Waals surface area contributed by atoms with E-state index in [-0.39, 0.29) is 5.82 Å². The maximum Gasteiger partial charge on any atom is 0.337 e. The van der Waals surface area contributed by atoms with E-state index in [0.29, 0.717) is 21.7 Å². The van der Waals surface area contributed by atoms with Gasteiger partial charge in [-0.2, -0.15) is 0 Å². The predicted octanol–water partition coefficient (Wildman–Crippen LogP) is 4.24. The molecule has 2 aromatic rings. The SMILES string of the molecule is COC(=O)c1ccc(-c2cc(F)c(C)c(Cl)c2)cc1. The van der Waals surface area contributed by atoms with Crippen LogP contribution in [-0.2, 0) is 4.74 Å². The highest BCUT2D eigenvalue weighted by molar-refractivity contribution is 6.31. The third-order valence-electron chi connectivity index (χ3n) is 2.92. The summed E-state index contributed by atoms with van der Waals surface area (Å²) in [4.78, 5) is 11.3. The minimum Gasteiger partial charge on any atom is -0.465 e. The Morgan fingerprint density at radius 1 is 1.16 bits per heavy atom. The van der Waals surface area contributed by atoms with Crippen LogP contribution in [0.1, 0.15) is 15.9 Å². The molecule has 0 fully saturated rings. The van der Waals surface area contributed by atoms with E-state index in [1.807, 2.05) is 0 Å². The highest BCUT2D eigenvalue weighted by Gasteiger charge is 2.09. The fourth-order valence-corrected chi connectivity index (χ4v) is 1.94. The number of hydrogen-bond donors (Lipinski definition) is 0. The van der Waals surface area contributed by atoms with Crippen molar-refractivity contribution in [3.63, 3.8) is 0 Å². The average Bonchev–Trinajstić information content (AvgIpc) is 2.43. The number of esters is 1. The Balaban J connectivity index is 2.40. The molecule has 0 aromatic heterocycles. The van der Waals surface area contributed by atoms with Gasteiger partial charge in [-0.15, -0.1) is 0 Å². The first-order valence-electron chi connectivity index (χ1n) is 5.67. The molecule has 98 valence electrons. The Hall–Kier alpha value is -1.87. The standard InChI is InChI=1S/C15H12ClFO2/c1-9-13(16)7-12(8-14(9)17)10-3-5-11(6-4-10)15(18)19-2/h3-8H,1-2H3. The summed E-state index contributed by atoms with van der Waals surface area (Å²) in [6, 6.07) is 9.85. The molecule has 0 atom stereocenters. The van der Waals surface area contributed by atoms with Crippen molar-refractivity contribution in [3.05, 3.63) is 58.4 Å². The first-order chi connectivity index (χ1) is 9.02. The number of carbonyl (C=O) groups is 1. The summed E-state index contributed by atoms with van der Waals surface area (Å²) in [6.07, 6.45) is 0. The lowest BCUT2D eigenvalue weighted by molar-refractivity contribution is 0.0601. The highest BCUT2D eigenvalue weighted by Crippen LogP contribution is 2.27. The lowest BCUT2D eigenvalue weighted by Gasteiger charge is -2.07. The molecular formula is C15H12ClFO2. The van der Waals surface area contributed by atoms with Crippen molar-refractivity contribution >= 4 is 17.6 Å². The van der Waals surface area contributed by atoms with Crippen LogP contribution in [-0.4, -0.2) is 13.1 Å². The normalized spacial score (nSPS) is 10.3. The molecule has 2 rings (SSSR count). The number of carbonyl (C=O) groups excluding carboxylic acids is 1. The quantitative estimate of drug-likeness (QED) is 0.768. The van der Waals surface area contributed by atoms with Crippen LogP contribution in [0.25, 0.3) is 11.1 Å². The Bertz CT molecular complexity index is 598. The highest BCUT2D eigenvalue weighted by atomic mass is 35.5. The van der Waals surface area contributed by atoms with Crippen molar-refractivity contribution in [2.45, 2.75) is 6.92 Å². The van der Waals surface area contributed by atoms with Gasteiger partial charge in [0, 0.05) is 10.6 Å². The van der Waals surface area contributed by atoms with Crippen molar-refractivity contribution in [2.24, 2.45) is 0 Å². The van der Waals surface area contributed by atoms with Gasteiger partial charge in [-0.25, -0.2) is 9.18 Å². The molecule has 0 bridgehead atoms. The third-order valence-corrected chi connectivity index (χ3v) is 3.31. The van der Waals surface area contributed by atoms with Crippen LogP contribution in [0, 0.1) is 12.7 Å². The van der Waals surface area contributed by atoms with Crippen LogP contribution >= 0.6 is 11.6 Å². The number of methoxy groups -OCH3 is 1. The summed E-state index contributed by atoms with van der Waals surface area (Å²) < 4.78 is 18.2. The molecule has 0 aliphatic carbocycles. The summed E-state index contributed by atoms with van der Waals surface area (Å²) in [7, 11) is 1.32. The average molecular weight is 279 g/mol. The predicted molar refractivity (Wildman–Crippen MR) is 72.9 cm³/mol. The zero-order valence-corrected chi connectivity index (χ0v) is 11.3. The Kier molecular flexibility index (Phi) is 3.86. The molecule has 0 amide bonds. The summed E-state index contributed by atoms with van der Waals surface area (Å²) in [6.45, 7) is 1.63. The minimum absolute atomic E-state index is 0.348. The van der Waals surface area contributed by atoms with Gasteiger partial charge in [0.15, 0.2) is 0 Å². The van der Waals surface area contributed by atoms with Crippen LogP contribution in [0.2, 0.25) is 5.02 Å². The number of rotatable bonds is 2. The monoisotopic (exact) mass is 278 g/mol. The van der Waals surface area contributed by atoms with Crippen molar-refractivity contribution in [1.29, 1.82) is 0 Å². The molecule has 0 saturated carbocycles. The van der Waals surface area contributed by atoms with Gasteiger partial charge in [0.1, 0.15) is 5.82 Å². The second-order valence-corrected chi connectivity index (χ2v) is 4.54. The number of halogens is 2. The van der Waals surface area contributed by atoms with Crippen molar-refractivity contribution in [2.75, 3.05) is 7.11 Å². The summed E-state index contributed by atoms with van der Waals surface area (Å²) in [5, 5.41) is 0.382. The van der Waals surface area contributed by atoms with Gasteiger partial charge in [0.25, 0.3) is 0 Å². The van der Waals surface area contributed by atoms with Gasteiger partial charge >= 0.3 is 5.97 Å². The smallest absolute Gasteiger partial charge is 0.337 e. The maximum absolute atomic E-state index is 13.6. The molecule has 0 unspecified atom stereocenters. The van der Waals surface area contributed by atoms with E-state index in [0.717, 1.165) is 5.56 Å². The second kappa shape index (κ2) is 5.41. The summed E-state index contributed by atoms with van der Waals surface area (Å²) >= 11 is 5.96. The molecule has 2 aromatic carbocycles. The lowest BCUT2D eigenvalue weighted by Crippen LogP contribution is -2.00. The van der Waals surface area contributed by atoms with E-state index in [1.165, 1.54) is 13.2 Å². The Labute approximate surface area is 115 Å². The number of ether oxygens (including phenoxy) is 1. The number of benzene rings is 2. The molecule has 19 heavy (non-hydrogen) atoms. The van der Waals surface area contributed by atoms with Crippen molar-refractivity contribution in [1.82, 2.24) is 0 Å². The molecule has 0 aliphatic rings. The molecule has 2 nitrogen and oxygen atoms in total.